The standard InChI is InChI=1S/C10H9F2N3O2S2/c11-10(12)18-8-4-2-1-3-7(8)15-19(16,17)9-5-13-6-14-9/h1-6,10,15H,(H,13,14). The second-order valence-corrected chi connectivity index (χ2v) is 6.08. The van der Waals surface area contributed by atoms with Crippen LogP contribution in [0.2, 0.25) is 0 Å². The molecule has 0 atom stereocenters. The Morgan fingerprint density at radius 2 is 2.05 bits per heavy atom. The van der Waals surface area contributed by atoms with Crippen LogP contribution in [0.1, 0.15) is 0 Å². The maximum absolute atomic E-state index is 12.4. The molecule has 9 heteroatoms. The van der Waals surface area contributed by atoms with Gasteiger partial charge in [-0.05, 0) is 12.1 Å². The highest BCUT2D eigenvalue weighted by Crippen LogP contribution is 2.32. The highest BCUT2D eigenvalue weighted by molar-refractivity contribution is 7.99. The van der Waals surface area contributed by atoms with Gasteiger partial charge in [0.1, 0.15) is 0 Å². The van der Waals surface area contributed by atoms with E-state index in [2.05, 4.69) is 14.7 Å². The second-order valence-electron chi connectivity index (χ2n) is 3.40. The van der Waals surface area contributed by atoms with Crippen molar-refractivity contribution in [2.45, 2.75) is 15.7 Å². The lowest BCUT2D eigenvalue weighted by atomic mass is 10.3. The molecule has 2 N–H and O–H groups in total. The Bertz CT molecular complexity index is 645. The predicted octanol–water partition coefficient (Wildman–Crippen LogP) is 2.53. The van der Waals surface area contributed by atoms with E-state index in [0.717, 1.165) is 6.20 Å². The Labute approximate surface area is 112 Å². The number of hydrogen-bond donors (Lipinski definition) is 2. The van der Waals surface area contributed by atoms with Crippen molar-refractivity contribution in [3.05, 3.63) is 36.8 Å². The number of thioether (sulfide) groups is 1. The van der Waals surface area contributed by atoms with Crippen LogP contribution in [0.15, 0.2) is 46.7 Å². The van der Waals surface area contributed by atoms with Gasteiger partial charge in [0.15, 0.2) is 5.03 Å². The Morgan fingerprint density at radius 1 is 1.32 bits per heavy atom. The summed E-state index contributed by atoms with van der Waals surface area (Å²) in [5.74, 6) is -2.63. The van der Waals surface area contributed by atoms with Gasteiger partial charge in [-0.3, -0.25) is 4.72 Å². The van der Waals surface area contributed by atoms with Crippen molar-refractivity contribution in [2.75, 3.05) is 4.72 Å². The normalized spacial score (nSPS) is 11.7. The third kappa shape index (κ3) is 3.44. The van der Waals surface area contributed by atoms with E-state index in [1.807, 2.05) is 0 Å². The molecule has 0 radical (unpaired) electrons. The second kappa shape index (κ2) is 5.57. The van der Waals surface area contributed by atoms with Crippen molar-refractivity contribution >= 4 is 27.5 Å². The summed E-state index contributed by atoms with van der Waals surface area (Å²) in [5.41, 5.74) is 0.0994. The van der Waals surface area contributed by atoms with Gasteiger partial charge in [-0.15, -0.1) is 0 Å². The fraction of sp³-hybridized carbons (Fsp3) is 0.100. The van der Waals surface area contributed by atoms with E-state index >= 15 is 0 Å². The molecule has 19 heavy (non-hydrogen) atoms. The molecular weight excluding hydrogens is 296 g/mol. The average molecular weight is 305 g/mol. The lowest BCUT2D eigenvalue weighted by Gasteiger charge is -2.10. The molecule has 0 aliphatic heterocycles. The van der Waals surface area contributed by atoms with Crippen molar-refractivity contribution < 1.29 is 17.2 Å². The van der Waals surface area contributed by atoms with E-state index in [1.54, 1.807) is 12.1 Å². The first kappa shape index (κ1) is 13.8. The van der Waals surface area contributed by atoms with E-state index in [0.29, 0.717) is 0 Å². The lowest BCUT2D eigenvalue weighted by Crippen LogP contribution is -2.14. The van der Waals surface area contributed by atoms with Gasteiger partial charge in [-0.1, -0.05) is 23.9 Å². The quantitative estimate of drug-likeness (QED) is 0.832. The van der Waals surface area contributed by atoms with Crippen molar-refractivity contribution in [3.63, 3.8) is 0 Å². The minimum atomic E-state index is -3.85. The van der Waals surface area contributed by atoms with Gasteiger partial charge in [0, 0.05) is 4.90 Å². The number of nitrogens with one attached hydrogen (secondary N) is 2. The smallest absolute Gasteiger partial charge is 0.288 e. The number of halogens is 2. The molecule has 0 saturated heterocycles. The summed E-state index contributed by atoms with van der Waals surface area (Å²) in [7, 11) is -3.85. The highest BCUT2D eigenvalue weighted by Gasteiger charge is 2.18. The molecule has 2 rings (SSSR count). The number of nitrogens with zero attached hydrogens (tertiary/aromatic N) is 1. The van der Waals surface area contributed by atoms with E-state index in [1.165, 1.54) is 18.5 Å². The molecule has 2 aromatic rings. The molecule has 0 fully saturated rings. The Kier molecular flexibility index (Phi) is 4.05. The molecule has 0 spiro atoms. The summed E-state index contributed by atoms with van der Waals surface area (Å²) in [6.07, 6.45) is 2.35. The van der Waals surface area contributed by atoms with Crippen LogP contribution >= 0.6 is 11.8 Å². The van der Waals surface area contributed by atoms with E-state index in [4.69, 9.17) is 0 Å². The number of H-pyrrole nitrogens is 1. The number of alkyl halides is 2. The van der Waals surface area contributed by atoms with Gasteiger partial charge in [0.25, 0.3) is 15.8 Å². The van der Waals surface area contributed by atoms with Crippen molar-refractivity contribution in [1.29, 1.82) is 0 Å². The number of aromatic amines is 1. The molecule has 0 saturated carbocycles. The number of rotatable bonds is 5. The van der Waals surface area contributed by atoms with Gasteiger partial charge in [0.05, 0.1) is 18.2 Å². The summed E-state index contributed by atoms with van der Waals surface area (Å²) < 4.78 is 50.8. The predicted molar refractivity (Wildman–Crippen MR) is 67.7 cm³/mol. The Morgan fingerprint density at radius 3 is 2.68 bits per heavy atom. The molecule has 0 amide bonds. The van der Waals surface area contributed by atoms with E-state index in [-0.39, 0.29) is 27.4 Å². The number of benzene rings is 1. The van der Waals surface area contributed by atoms with Crippen molar-refractivity contribution in [1.82, 2.24) is 9.97 Å². The van der Waals surface area contributed by atoms with Gasteiger partial charge in [0.2, 0.25) is 0 Å². The number of anilines is 1. The molecule has 1 aromatic carbocycles. The molecule has 0 bridgehead atoms. The zero-order chi connectivity index (χ0) is 13.9. The van der Waals surface area contributed by atoms with Crippen LogP contribution in [0.5, 0.6) is 0 Å². The van der Waals surface area contributed by atoms with Gasteiger partial charge in [-0.2, -0.15) is 17.2 Å². The van der Waals surface area contributed by atoms with Crippen LogP contribution in [-0.2, 0) is 10.0 Å². The molecule has 0 aliphatic carbocycles. The summed E-state index contributed by atoms with van der Waals surface area (Å²) in [4.78, 5) is 6.20. The average Bonchev–Trinajstić information content (AvgIpc) is 2.85. The van der Waals surface area contributed by atoms with Gasteiger partial charge >= 0.3 is 0 Å². The topological polar surface area (TPSA) is 74.8 Å². The zero-order valence-corrected chi connectivity index (χ0v) is 11.0. The summed E-state index contributed by atoms with van der Waals surface area (Å²) in [6.45, 7) is 0. The monoisotopic (exact) mass is 305 g/mol. The first-order valence-electron chi connectivity index (χ1n) is 5.04. The van der Waals surface area contributed by atoms with Crippen LogP contribution in [0.25, 0.3) is 0 Å². The molecule has 0 unspecified atom stereocenters. The van der Waals surface area contributed by atoms with Crippen LogP contribution < -0.4 is 4.72 Å². The third-order valence-corrected chi connectivity index (χ3v) is 4.19. The number of sulfonamides is 1. The van der Waals surface area contributed by atoms with Crippen LogP contribution in [0.4, 0.5) is 14.5 Å². The molecular formula is C10H9F2N3O2S2. The Hall–Kier alpha value is -1.61. The SMILES string of the molecule is O=S(=O)(Nc1ccccc1SC(F)F)c1cnc[nH]1. The van der Waals surface area contributed by atoms with Crippen LogP contribution in [0.3, 0.4) is 0 Å². The van der Waals surface area contributed by atoms with E-state index in [9.17, 15) is 17.2 Å². The summed E-state index contributed by atoms with van der Waals surface area (Å²) in [6, 6.07) is 5.94. The Balaban J connectivity index is 2.29. The maximum Gasteiger partial charge on any atom is 0.288 e. The van der Waals surface area contributed by atoms with Crippen molar-refractivity contribution in [3.8, 4) is 0 Å². The molecule has 102 valence electrons. The lowest BCUT2D eigenvalue weighted by molar-refractivity contribution is 0.252. The van der Waals surface area contributed by atoms with E-state index < -0.39 is 15.8 Å². The van der Waals surface area contributed by atoms with Crippen LogP contribution in [0, 0.1) is 0 Å². The molecule has 5 nitrogen and oxygen atoms in total. The molecule has 0 aliphatic rings. The molecule has 1 heterocycles. The summed E-state index contributed by atoms with van der Waals surface area (Å²) >= 11 is 0.277. The fourth-order valence-corrected chi connectivity index (χ4v) is 2.98. The third-order valence-electron chi connectivity index (χ3n) is 2.11. The van der Waals surface area contributed by atoms with Gasteiger partial charge < -0.3 is 4.98 Å². The highest BCUT2D eigenvalue weighted by atomic mass is 32.2. The number of hydrogen-bond acceptors (Lipinski definition) is 4. The minimum absolute atomic E-state index is 0.0994. The maximum atomic E-state index is 12.4. The molecule has 1 aromatic heterocycles. The van der Waals surface area contributed by atoms with Gasteiger partial charge in [-0.25, -0.2) is 4.98 Å². The number of para-hydroxylation sites is 1. The number of aromatic nitrogens is 2. The zero-order valence-electron chi connectivity index (χ0n) is 9.38. The largest absolute Gasteiger partial charge is 0.334 e. The minimum Gasteiger partial charge on any atom is -0.334 e. The van der Waals surface area contributed by atoms with Crippen LogP contribution in [-0.4, -0.2) is 24.1 Å². The first-order valence-corrected chi connectivity index (χ1v) is 7.40. The number of imidazole rings is 1. The fourth-order valence-electron chi connectivity index (χ4n) is 1.34. The van der Waals surface area contributed by atoms with Crippen molar-refractivity contribution in [2.24, 2.45) is 0 Å². The summed E-state index contributed by atoms with van der Waals surface area (Å²) in [5, 5.41) is -0.135. The first-order chi connectivity index (χ1) is 8.99.